The van der Waals surface area contributed by atoms with Crippen molar-refractivity contribution in [1.29, 1.82) is 0 Å². The Morgan fingerprint density at radius 3 is 2.15 bits per heavy atom. The molecule has 0 saturated carbocycles. The number of carbonyl (C=O) groups is 2. The molecule has 14 heteroatoms. The van der Waals surface area contributed by atoms with E-state index in [1.54, 1.807) is 6.07 Å². The van der Waals surface area contributed by atoms with Gasteiger partial charge in [0.05, 0.1) is 9.79 Å². The Morgan fingerprint density at radius 1 is 0.897 bits per heavy atom. The first-order valence-corrected chi connectivity index (χ1v) is 14.4. The number of likely N-dealkylation sites (N-methyl/N-ethyl adjacent to an activating group) is 1. The maximum absolute atomic E-state index is 13.8. The lowest BCUT2D eigenvalue weighted by atomic mass is 10.0. The molecule has 1 unspecified atom stereocenters. The fraction of sp³-hybridized carbons (Fsp3) is 0.200. The second-order valence-electron chi connectivity index (χ2n) is 8.48. The van der Waals surface area contributed by atoms with E-state index in [4.69, 9.17) is 0 Å². The third-order valence-corrected chi connectivity index (χ3v) is 8.59. The van der Waals surface area contributed by atoms with Crippen LogP contribution in [0.1, 0.15) is 11.1 Å². The van der Waals surface area contributed by atoms with Gasteiger partial charge in [-0.1, -0.05) is 24.3 Å². The highest BCUT2D eigenvalue weighted by molar-refractivity contribution is 7.90. The number of hydrogen-bond donors (Lipinski definition) is 3. The summed E-state index contributed by atoms with van der Waals surface area (Å²) in [6.45, 7) is 1.54. The molecule has 10 nitrogen and oxygen atoms in total. The van der Waals surface area contributed by atoms with E-state index in [9.17, 15) is 35.2 Å². The first-order valence-electron chi connectivity index (χ1n) is 11.4. The lowest BCUT2D eigenvalue weighted by molar-refractivity contribution is -0.120. The Balaban J connectivity index is 1.92. The number of nitrogens with zero attached hydrogens (tertiary/aromatic N) is 1. The fourth-order valence-corrected chi connectivity index (χ4v) is 5.66. The van der Waals surface area contributed by atoms with Gasteiger partial charge in [0.1, 0.15) is 17.7 Å². The number of carbonyl (C=O) groups excluding carboxylic acids is 2. The van der Waals surface area contributed by atoms with Gasteiger partial charge in [0, 0.05) is 25.2 Å². The lowest BCUT2D eigenvalue weighted by Crippen LogP contribution is -2.52. The molecule has 1 atom stereocenters. The van der Waals surface area contributed by atoms with Crippen LogP contribution in [0.15, 0.2) is 76.5 Å². The van der Waals surface area contributed by atoms with Crippen molar-refractivity contribution >= 4 is 37.7 Å². The van der Waals surface area contributed by atoms with Crippen LogP contribution in [-0.2, 0) is 31.3 Å². The average Bonchev–Trinajstić information content (AvgIpc) is 2.86. The first kappa shape index (κ1) is 29.7. The summed E-state index contributed by atoms with van der Waals surface area (Å²) in [5.41, 5.74) is 0.506. The molecule has 0 saturated heterocycles. The van der Waals surface area contributed by atoms with E-state index in [2.05, 4.69) is 10.0 Å². The highest BCUT2D eigenvalue weighted by Crippen LogP contribution is 2.20. The van der Waals surface area contributed by atoms with Crippen molar-refractivity contribution < 1.29 is 35.2 Å². The van der Waals surface area contributed by atoms with E-state index >= 15 is 0 Å². The number of anilines is 1. The zero-order valence-corrected chi connectivity index (χ0v) is 22.7. The van der Waals surface area contributed by atoms with Gasteiger partial charge in [-0.05, 0) is 61.5 Å². The Labute approximate surface area is 225 Å². The summed E-state index contributed by atoms with van der Waals surface area (Å²) in [5.74, 6) is -2.65. The molecule has 0 aliphatic heterocycles. The molecule has 3 aromatic carbocycles. The van der Waals surface area contributed by atoms with Crippen molar-refractivity contribution in [3.05, 3.63) is 89.5 Å². The number of halogens is 2. The summed E-state index contributed by atoms with van der Waals surface area (Å²) in [7, 11) is -5.65. The van der Waals surface area contributed by atoms with Crippen LogP contribution in [-0.4, -0.2) is 48.9 Å². The summed E-state index contributed by atoms with van der Waals surface area (Å²) in [6, 6.07) is 11.1. The summed E-state index contributed by atoms with van der Waals surface area (Å²) in [6.07, 6.45) is -0.413. The Morgan fingerprint density at radius 2 is 1.54 bits per heavy atom. The van der Waals surface area contributed by atoms with Crippen molar-refractivity contribution in [2.24, 2.45) is 0 Å². The number of nitrogens with one attached hydrogen (secondary N) is 3. The van der Waals surface area contributed by atoms with Crippen LogP contribution in [0.25, 0.3) is 0 Å². The minimum absolute atomic E-state index is 0.00724. The van der Waals surface area contributed by atoms with Gasteiger partial charge in [-0.15, -0.1) is 0 Å². The number of amides is 3. The van der Waals surface area contributed by atoms with E-state index in [-0.39, 0.29) is 21.0 Å². The van der Waals surface area contributed by atoms with Gasteiger partial charge in [0.25, 0.3) is 10.0 Å². The Kier molecular flexibility index (Phi) is 9.04. The highest BCUT2D eigenvalue weighted by atomic mass is 32.2. The number of sulfonamides is 2. The SMILES string of the molecule is CNS(=O)(=O)c1cccc(N(C)C(=O)C(Cc2cc(F)cc(F)c2)NC(=O)NS(=O)(=O)c2ccccc2C)c1. The van der Waals surface area contributed by atoms with Crippen LogP contribution in [0.2, 0.25) is 0 Å². The first-order chi connectivity index (χ1) is 18.2. The van der Waals surface area contributed by atoms with Gasteiger partial charge in [0.2, 0.25) is 15.9 Å². The molecule has 0 aliphatic rings. The van der Waals surface area contributed by atoms with Crippen LogP contribution in [0.3, 0.4) is 0 Å². The summed E-state index contributed by atoms with van der Waals surface area (Å²) in [5, 5.41) is 2.26. The molecule has 3 N–H and O–H groups in total. The average molecular weight is 581 g/mol. The monoisotopic (exact) mass is 580 g/mol. The van der Waals surface area contributed by atoms with Gasteiger partial charge in [0.15, 0.2) is 0 Å². The Bertz CT molecular complexity index is 1590. The van der Waals surface area contributed by atoms with Crippen LogP contribution >= 0.6 is 0 Å². The molecule has 0 radical (unpaired) electrons. The molecule has 0 fully saturated rings. The molecule has 39 heavy (non-hydrogen) atoms. The van der Waals surface area contributed by atoms with Gasteiger partial charge < -0.3 is 10.2 Å². The second-order valence-corrected chi connectivity index (χ2v) is 12.0. The zero-order chi connectivity index (χ0) is 29.0. The number of aryl methyl sites for hydroxylation is 1. The van der Waals surface area contributed by atoms with Crippen molar-refractivity contribution in [2.75, 3.05) is 19.0 Å². The molecule has 3 amide bonds. The second kappa shape index (κ2) is 11.9. The molecule has 208 valence electrons. The van der Waals surface area contributed by atoms with Crippen LogP contribution in [0, 0.1) is 18.6 Å². The highest BCUT2D eigenvalue weighted by Gasteiger charge is 2.28. The van der Waals surface area contributed by atoms with Crippen molar-refractivity contribution in [3.63, 3.8) is 0 Å². The third kappa shape index (κ3) is 7.37. The molecular formula is C25H26F2N4O6S2. The van der Waals surface area contributed by atoms with E-state index in [0.717, 1.165) is 17.0 Å². The van der Waals surface area contributed by atoms with Gasteiger partial charge >= 0.3 is 6.03 Å². The van der Waals surface area contributed by atoms with Crippen LogP contribution in [0.4, 0.5) is 19.3 Å². The standard InChI is InChI=1S/C25H26F2N4O6S2/c1-16-7-4-5-10-23(16)39(36,37)30-25(33)29-22(13-17-11-18(26)14-19(27)12-17)24(32)31(3)20-8-6-9-21(15-20)38(34,35)28-2/h4-12,14-15,22,28H,13H2,1-3H3,(H2,29,30,33). The quantitative estimate of drug-likeness (QED) is 0.355. The van der Waals surface area contributed by atoms with Crippen molar-refractivity contribution in [3.8, 4) is 0 Å². The number of benzene rings is 3. The molecule has 3 rings (SSSR count). The van der Waals surface area contributed by atoms with E-state index in [1.807, 2.05) is 4.72 Å². The maximum Gasteiger partial charge on any atom is 0.329 e. The molecule has 0 heterocycles. The molecule has 3 aromatic rings. The Hall–Kier alpha value is -3.88. The number of hydrogen-bond acceptors (Lipinski definition) is 6. The van der Waals surface area contributed by atoms with Gasteiger partial charge in [-0.2, -0.15) is 0 Å². The molecule has 0 spiro atoms. The summed E-state index contributed by atoms with van der Waals surface area (Å²) in [4.78, 5) is 27.0. The largest absolute Gasteiger partial charge is 0.329 e. The van der Waals surface area contributed by atoms with Crippen LogP contribution < -0.4 is 19.7 Å². The predicted molar refractivity (Wildman–Crippen MR) is 140 cm³/mol. The normalized spacial score (nSPS) is 12.4. The smallest absolute Gasteiger partial charge is 0.325 e. The summed E-state index contributed by atoms with van der Waals surface area (Å²) < 4.78 is 81.5. The van der Waals surface area contributed by atoms with Gasteiger partial charge in [-0.3, -0.25) is 4.79 Å². The number of rotatable bonds is 9. The van der Waals surface area contributed by atoms with E-state index in [0.29, 0.717) is 11.6 Å². The minimum Gasteiger partial charge on any atom is -0.325 e. The van der Waals surface area contributed by atoms with Crippen molar-refractivity contribution in [2.45, 2.75) is 29.2 Å². The molecule has 0 aromatic heterocycles. The minimum atomic E-state index is -4.33. The van der Waals surface area contributed by atoms with E-state index in [1.165, 1.54) is 63.5 Å². The van der Waals surface area contributed by atoms with Crippen molar-refractivity contribution in [1.82, 2.24) is 14.8 Å². The van der Waals surface area contributed by atoms with E-state index < -0.39 is 56.1 Å². The fourth-order valence-electron chi connectivity index (χ4n) is 3.73. The third-order valence-electron chi connectivity index (χ3n) is 5.69. The summed E-state index contributed by atoms with van der Waals surface area (Å²) >= 11 is 0. The molecular weight excluding hydrogens is 554 g/mol. The van der Waals surface area contributed by atoms with Gasteiger partial charge in [-0.25, -0.2) is 39.9 Å². The molecule has 0 bridgehead atoms. The maximum atomic E-state index is 13.8. The number of urea groups is 1. The molecule has 0 aliphatic carbocycles. The van der Waals surface area contributed by atoms with Crippen LogP contribution in [0.5, 0.6) is 0 Å². The lowest BCUT2D eigenvalue weighted by Gasteiger charge is -2.25. The zero-order valence-electron chi connectivity index (χ0n) is 21.1. The predicted octanol–water partition coefficient (Wildman–Crippen LogP) is 2.44. The topological polar surface area (TPSA) is 142 Å².